The normalized spacial score (nSPS) is 24.2. The first kappa shape index (κ1) is 10.4. The third-order valence-electron chi connectivity index (χ3n) is 3.54. The zero-order valence-corrected chi connectivity index (χ0v) is 9.63. The predicted octanol–water partition coefficient (Wildman–Crippen LogP) is 2.00. The van der Waals surface area contributed by atoms with Gasteiger partial charge in [-0.1, -0.05) is 13.3 Å². The Balaban J connectivity index is 1.72. The Hall–Kier alpha value is -0.0800. The molecule has 2 fully saturated rings. The highest BCUT2D eigenvalue weighted by atomic mass is 15.2. The molecule has 2 heteroatoms. The molecule has 0 aromatic carbocycles. The average molecular weight is 196 g/mol. The first-order valence-electron chi connectivity index (χ1n) is 6.26. The van der Waals surface area contributed by atoms with Crippen molar-refractivity contribution in [2.24, 2.45) is 0 Å². The molecule has 0 saturated heterocycles. The molecule has 0 heterocycles. The van der Waals surface area contributed by atoms with Crippen LogP contribution in [0.3, 0.4) is 0 Å². The minimum absolute atomic E-state index is 0.785. The highest BCUT2D eigenvalue weighted by Gasteiger charge is 2.31. The minimum Gasteiger partial charge on any atom is -0.312 e. The van der Waals surface area contributed by atoms with Gasteiger partial charge in [-0.15, -0.1) is 0 Å². The Morgan fingerprint density at radius 1 is 1.29 bits per heavy atom. The highest BCUT2D eigenvalue weighted by Crippen LogP contribution is 2.28. The maximum atomic E-state index is 3.66. The molecule has 0 radical (unpaired) electrons. The van der Waals surface area contributed by atoms with E-state index in [1.807, 2.05) is 0 Å². The number of hydrogen-bond donors (Lipinski definition) is 1. The van der Waals surface area contributed by atoms with E-state index in [0.29, 0.717) is 0 Å². The molecule has 2 saturated carbocycles. The molecule has 2 nitrogen and oxygen atoms in total. The van der Waals surface area contributed by atoms with Crippen LogP contribution in [-0.2, 0) is 0 Å². The van der Waals surface area contributed by atoms with Crippen molar-refractivity contribution in [2.75, 3.05) is 13.6 Å². The molecule has 1 atom stereocenters. The van der Waals surface area contributed by atoms with Crippen LogP contribution in [0.25, 0.3) is 0 Å². The van der Waals surface area contributed by atoms with Crippen LogP contribution in [0, 0.1) is 0 Å². The van der Waals surface area contributed by atoms with E-state index in [0.717, 1.165) is 18.1 Å². The van der Waals surface area contributed by atoms with Gasteiger partial charge < -0.3 is 5.32 Å². The Bertz CT molecular complexity index is 173. The Kier molecular flexibility index (Phi) is 3.45. The van der Waals surface area contributed by atoms with Crippen molar-refractivity contribution in [1.29, 1.82) is 0 Å². The van der Waals surface area contributed by atoms with Crippen molar-refractivity contribution >= 4 is 0 Å². The van der Waals surface area contributed by atoms with Gasteiger partial charge in [-0.25, -0.2) is 0 Å². The summed E-state index contributed by atoms with van der Waals surface area (Å²) in [4.78, 5) is 2.61. The van der Waals surface area contributed by atoms with Crippen molar-refractivity contribution in [1.82, 2.24) is 10.2 Å². The van der Waals surface area contributed by atoms with Gasteiger partial charge in [0, 0.05) is 24.7 Å². The summed E-state index contributed by atoms with van der Waals surface area (Å²) in [5.41, 5.74) is 0. The van der Waals surface area contributed by atoms with E-state index < -0.39 is 0 Å². The van der Waals surface area contributed by atoms with Gasteiger partial charge in [-0.3, -0.25) is 4.90 Å². The monoisotopic (exact) mass is 196 g/mol. The molecule has 2 rings (SSSR count). The van der Waals surface area contributed by atoms with Gasteiger partial charge in [0.15, 0.2) is 0 Å². The van der Waals surface area contributed by atoms with Crippen molar-refractivity contribution in [3.63, 3.8) is 0 Å². The largest absolute Gasteiger partial charge is 0.312 e. The van der Waals surface area contributed by atoms with Gasteiger partial charge in [0.25, 0.3) is 0 Å². The predicted molar refractivity (Wildman–Crippen MR) is 60.5 cm³/mol. The molecule has 14 heavy (non-hydrogen) atoms. The van der Waals surface area contributed by atoms with Gasteiger partial charge in [0.2, 0.25) is 0 Å². The van der Waals surface area contributed by atoms with Crippen LogP contribution in [0.1, 0.15) is 45.4 Å². The zero-order chi connectivity index (χ0) is 9.97. The summed E-state index contributed by atoms with van der Waals surface area (Å²) in [6.45, 7) is 3.51. The number of nitrogens with zero attached hydrogens (tertiary/aromatic N) is 1. The third-order valence-corrected chi connectivity index (χ3v) is 3.54. The van der Waals surface area contributed by atoms with Crippen LogP contribution in [0.4, 0.5) is 0 Å². The molecule has 1 unspecified atom stereocenters. The van der Waals surface area contributed by atoms with Crippen LogP contribution in [0.5, 0.6) is 0 Å². The van der Waals surface area contributed by atoms with Gasteiger partial charge >= 0.3 is 0 Å². The third kappa shape index (κ3) is 2.96. The van der Waals surface area contributed by atoms with Crippen LogP contribution < -0.4 is 5.32 Å². The summed E-state index contributed by atoms with van der Waals surface area (Å²) in [6.07, 6.45) is 8.35. The molecule has 2 aliphatic carbocycles. The first-order chi connectivity index (χ1) is 6.81. The number of nitrogens with one attached hydrogen (secondary N) is 1. The van der Waals surface area contributed by atoms with Crippen molar-refractivity contribution in [3.8, 4) is 0 Å². The first-order valence-corrected chi connectivity index (χ1v) is 6.26. The Morgan fingerprint density at radius 2 is 2.00 bits per heavy atom. The summed E-state index contributed by atoms with van der Waals surface area (Å²) < 4.78 is 0. The summed E-state index contributed by atoms with van der Waals surface area (Å²) in [6, 6.07) is 2.56. The van der Waals surface area contributed by atoms with Gasteiger partial charge in [0.1, 0.15) is 0 Å². The molecule has 82 valence electrons. The zero-order valence-electron chi connectivity index (χ0n) is 9.63. The van der Waals surface area contributed by atoms with Crippen molar-refractivity contribution < 1.29 is 0 Å². The van der Waals surface area contributed by atoms with Gasteiger partial charge in [-0.2, -0.15) is 0 Å². The average Bonchev–Trinajstić information content (AvgIpc) is 3.05. The number of hydrogen-bond acceptors (Lipinski definition) is 2. The standard InChI is InChI=1S/C12H24N2/c1-3-4-12(9-13-10-5-6-10)14(2)11-7-8-11/h10-13H,3-9H2,1-2H3. The lowest BCUT2D eigenvalue weighted by Crippen LogP contribution is -2.41. The summed E-state index contributed by atoms with van der Waals surface area (Å²) >= 11 is 0. The quantitative estimate of drug-likeness (QED) is 0.670. The van der Waals surface area contributed by atoms with E-state index in [2.05, 4.69) is 24.2 Å². The van der Waals surface area contributed by atoms with Crippen LogP contribution in [0.2, 0.25) is 0 Å². The maximum absolute atomic E-state index is 3.66. The van der Waals surface area contributed by atoms with E-state index in [9.17, 15) is 0 Å². The molecular weight excluding hydrogens is 172 g/mol. The minimum atomic E-state index is 0.785. The van der Waals surface area contributed by atoms with Crippen LogP contribution in [-0.4, -0.2) is 36.6 Å². The van der Waals surface area contributed by atoms with Crippen molar-refractivity contribution in [3.05, 3.63) is 0 Å². The molecular formula is C12H24N2. The van der Waals surface area contributed by atoms with Crippen LogP contribution >= 0.6 is 0 Å². The van der Waals surface area contributed by atoms with Crippen molar-refractivity contribution in [2.45, 2.75) is 63.6 Å². The fourth-order valence-electron chi connectivity index (χ4n) is 2.15. The molecule has 2 aliphatic rings. The van der Waals surface area contributed by atoms with E-state index in [-0.39, 0.29) is 0 Å². The van der Waals surface area contributed by atoms with Gasteiger partial charge in [-0.05, 0) is 39.2 Å². The van der Waals surface area contributed by atoms with Crippen LogP contribution in [0.15, 0.2) is 0 Å². The molecule has 0 spiro atoms. The number of rotatable bonds is 7. The topological polar surface area (TPSA) is 15.3 Å². The van der Waals surface area contributed by atoms with E-state index >= 15 is 0 Å². The SMILES string of the molecule is CCCC(CNC1CC1)N(C)C1CC1. The second kappa shape index (κ2) is 4.63. The second-order valence-electron chi connectivity index (χ2n) is 5.02. The highest BCUT2D eigenvalue weighted by molar-refractivity contribution is 4.89. The number of likely N-dealkylation sites (N-methyl/N-ethyl adjacent to an activating group) is 1. The lowest BCUT2D eigenvalue weighted by molar-refractivity contribution is 0.213. The maximum Gasteiger partial charge on any atom is 0.0220 e. The molecule has 0 bridgehead atoms. The van der Waals surface area contributed by atoms with E-state index in [1.54, 1.807) is 0 Å². The lowest BCUT2D eigenvalue weighted by Gasteiger charge is -2.28. The molecule has 0 aromatic heterocycles. The lowest BCUT2D eigenvalue weighted by atomic mass is 10.1. The van der Waals surface area contributed by atoms with E-state index in [4.69, 9.17) is 0 Å². The summed E-state index contributed by atoms with van der Waals surface area (Å²) in [5, 5.41) is 3.66. The smallest absolute Gasteiger partial charge is 0.0220 e. The molecule has 1 N–H and O–H groups in total. The van der Waals surface area contributed by atoms with E-state index in [1.165, 1.54) is 45.1 Å². The molecule has 0 amide bonds. The molecule has 0 aromatic rings. The fraction of sp³-hybridized carbons (Fsp3) is 1.00. The molecule has 0 aliphatic heterocycles. The summed E-state index contributed by atoms with van der Waals surface area (Å²) in [7, 11) is 2.31. The fourth-order valence-corrected chi connectivity index (χ4v) is 2.15. The second-order valence-corrected chi connectivity index (χ2v) is 5.02. The van der Waals surface area contributed by atoms with Gasteiger partial charge in [0.05, 0.1) is 0 Å². The Labute approximate surface area is 88.1 Å². The summed E-state index contributed by atoms with van der Waals surface area (Å²) in [5.74, 6) is 0. The Morgan fingerprint density at radius 3 is 2.50 bits per heavy atom.